The largest absolute Gasteiger partial charge is 0.205 e. The fourth-order valence-electron chi connectivity index (χ4n) is 1.87. The van der Waals surface area contributed by atoms with Gasteiger partial charge in [-0.3, -0.25) is 0 Å². The lowest BCUT2D eigenvalue weighted by atomic mass is 9.87. The van der Waals surface area contributed by atoms with Crippen molar-refractivity contribution >= 4 is 27.5 Å². The van der Waals surface area contributed by atoms with E-state index in [9.17, 15) is 4.39 Å². The topological polar surface area (TPSA) is 0 Å². The molecule has 0 saturated heterocycles. The predicted octanol–water partition coefficient (Wildman–Crippen LogP) is 5.08. The second-order valence-corrected chi connectivity index (χ2v) is 6.39. The first-order valence-corrected chi connectivity index (χ1v) is 6.79. The zero-order valence-electron chi connectivity index (χ0n) is 9.81. The van der Waals surface area contributed by atoms with Crippen molar-refractivity contribution in [3.05, 3.63) is 34.6 Å². The summed E-state index contributed by atoms with van der Waals surface area (Å²) in [6.07, 6.45) is 0.873. The molecule has 90 valence electrons. The van der Waals surface area contributed by atoms with Crippen molar-refractivity contribution in [1.82, 2.24) is 0 Å². The van der Waals surface area contributed by atoms with Gasteiger partial charge in [0.2, 0.25) is 0 Å². The van der Waals surface area contributed by atoms with Crippen LogP contribution in [0.1, 0.15) is 26.3 Å². The van der Waals surface area contributed by atoms with Gasteiger partial charge in [0.1, 0.15) is 5.82 Å². The van der Waals surface area contributed by atoms with Crippen LogP contribution in [0.4, 0.5) is 4.39 Å². The molecule has 3 heteroatoms. The Morgan fingerprint density at radius 3 is 2.38 bits per heavy atom. The number of benzene rings is 1. The van der Waals surface area contributed by atoms with Crippen molar-refractivity contribution in [3.8, 4) is 0 Å². The molecule has 0 nitrogen and oxygen atoms in total. The van der Waals surface area contributed by atoms with E-state index < -0.39 is 0 Å². The minimum absolute atomic E-state index is 0.191. The molecule has 0 aliphatic carbocycles. The van der Waals surface area contributed by atoms with Crippen molar-refractivity contribution in [3.63, 3.8) is 0 Å². The quantitative estimate of drug-likeness (QED) is 0.681. The van der Waals surface area contributed by atoms with Crippen molar-refractivity contribution < 1.29 is 4.39 Å². The Morgan fingerprint density at radius 1 is 1.31 bits per heavy atom. The van der Waals surface area contributed by atoms with Crippen molar-refractivity contribution in [1.29, 1.82) is 0 Å². The zero-order valence-corrected chi connectivity index (χ0v) is 12.1. The van der Waals surface area contributed by atoms with Gasteiger partial charge in [0, 0.05) is 4.83 Å². The Morgan fingerprint density at radius 2 is 1.94 bits per heavy atom. The molecule has 0 N–H and O–H groups in total. The summed E-state index contributed by atoms with van der Waals surface area (Å²) in [5.41, 5.74) is 1.01. The Hall–Kier alpha value is -0.0800. The van der Waals surface area contributed by atoms with Crippen molar-refractivity contribution in [2.45, 2.75) is 32.0 Å². The molecule has 0 spiro atoms. The van der Waals surface area contributed by atoms with Gasteiger partial charge in [-0.25, -0.2) is 4.39 Å². The van der Waals surface area contributed by atoms with Crippen molar-refractivity contribution in [2.24, 2.45) is 11.8 Å². The van der Waals surface area contributed by atoms with Crippen LogP contribution in [0, 0.1) is 17.7 Å². The fraction of sp³-hybridized carbons (Fsp3) is 0.538. The Bertz CT molecular complexity index is 342. The molecular weight excluding hydrogens is 290 g/mol. The van der Waals surface area contributed by atoms with Gasteiger partial charge in [0.25, 0.3) is 0 Å². The van der Waals surface area contributed by atoms with Crippen molar-refractivity contribution in [2.75, 3.05) is 0 Å². The maximum absolute atomic E-state index is 13.3. The van der Waals surface area contributed by atoms with Crippen LogP contribution < -0.4 is 0 Å². The first-order valence-electron chi connectivity index (χ1n) is 5.49. The van der Waals surface area contributed by atoms with Crippen LogP contribution in [0.15, 0.2) is 18.2 Å². The molecule has 1 rings (SSSR count). The third-order valence-electron chi connectivity index (χ3n) is 2.90. The number of rotatable bonds is 4. The van der Waals surface area contributed by atoms with E-state index >= 15 is 0 Å². The van der Waals surface area contributed by atoms with Gasteiger partial charge in [-0.1, -0.05) is 54.4 Å². The highest BCUT2D eigenvalue weighted by Crippen LogP contribution is 2.26. The second kappa shape index (κ2) is 6.02. The molecule has 0 bridgehead atoms. The van der Waals surface area contributed by atoms with Crippen LogP contribution in [0.3, 0.4) is 0 Å². The van der Waals surface area contributed by atoms with E-state index in [4.69, 9.17) is 11.6 Å². The maximum Gasteiger partial charge on any atom is 0.142 e. The van der Waals surface area contributed by atoms with Crippen LogP contribution >= 0.6 is 27.5 Å². The average molecular weight is 308 g/mol. The van der Waals surface area contributed by atoms with Gasteiger partial charge in [-0.05, 0) is 36.0 Å². The molecule has 2 atom stereocenters. The highest BCUT2D eigenvalue weighted by atomic mass is 79.9. The second-order valence-electron chi connectivity index (χ2n) is 4.54. The van der Waals surface area contributed by atoms with E-state index in [1.807, 2.05) is 6.07 Å². The molecule has 0 heterocycles. The van der Waals surface area contributed by atoms with Crippen LogP contribution in [-0.4, -0.2) is 4.83 Å². The van der Waals surface area contributed by atoms with E-state index in [1.54, 1.807) is 6.07 Å². The van der Waals surface area contributed by atoms with E-state index in [2.05, 4.69) is 36.7 Å². The zero-order chi connectivity index (χ0) is 12.3. The number of hydrogen-bond acceptors (Lipinski definition) is 0. The molecule has 0 aromatic heterocycles. The maximum atomic E-state index is 13.3. The van der Waals surface area contributed by atoms with Gasteiger partial charge >= 0.3 is 0 Å². The number of hydrogen-bond donors (Lipinski definition) is 0. The van der Waals surface area contributed by atoms with Gasteiger partial charge in [0.15, 0.2) is 0 Å². The molecule has 0 radical (unpaired) electrons. The van der Waals surface area contributed by atoms with E-state index in [1.165, 1.54) is 6.07 Å². The smallest absolute Gasteiger partial charge is 0.142 e. The Balaban J connectivity index is 2.81. The standard InChI is InChI=1S/C13H17BrClF/c1-8(2)11(9(3)14)6-10-4-5-12(15)13(16)7-10/h4-5,7-9,11H,6H2,1-3H3. The van der Waals surface area contributed by atoms with Gasteiger partial charge in [-0.2, -0.15) is 0 Å². The van der Waals surface area contributed by atoms with E-state index in [0.717, 1.165) is 12.0 Å². The molecule has 1 aromatic carbocycles. The fourth-order valence-corrected chi connectivity index (χ4v) is 2.78. The Kier molecular flexibility index (Phi) is 5.26. The van der Waals surface area contributed by atoms with Gasteiger partial charge in [0.05, 0.1) is 5.02 Å². The van der Waals surface area contributed by atoms with Crippen LogP contribution in [0.5, 0.6) is 0 Å². The molecule has 16 heavy (non-hydrogen) atoms. The summed E-state index contributed by atoms with van der Waals surface area (Å²) in [5, 5.41) is 0.191. The Labute approximate surface area is 110 Å². The molecule has 1 aromatic rings. The summed E-state index contributed by atoms with van der Waals surface area (Å²) in [5.74, 6) is 0.734. The third kappa shape index (κ3) is 3.74. The first kappa shape index (κ1) is 14.0. The molecule has 2 unspecified atom stereocenters. The van der Waals surface area contributed by atoms with E-state index in [-0.39, 0.29) is 10.8 Å². The van der Waals surface area contributed by atoms with Gasteiger partial charge in [-0.15, -0.1) is 0 Å². The lowest BCUT2D eigenvalue weighted by Gasteiger charge is -2.23. The molecule has 0 aliphatic rings. The van der Waals surface area contributed by atoms with Crippen LogP contribution in [-0.2, 0) is 6.42 Å². The monoisotopic (exact) mass is 306 g/mol. The minimum atomic E-state index is -0.330. The number of halogens is 3. The molecule has 0 fully saturated rings. The van der Waals surface area contributed by atoms with Crippen LogP contribution in [0.25, 0.3) is 0 Å². The normalized spacial score (nSPS) is 15.2. The predicted molar refractivity (Wildman–Crippen MR) is 71.8 cm³/mol. The molecule has 0 amide bonds. The highest BCUT2D eigenvalue weighted by Gasteiger charge is 2.19. The van der Waals surface area contributed by atoms with Crippen LogP contribution in [0.2, 0.25) is 5.02 Å². The average Bonchev–Trinajstić information content (AvgIpc) is 2.18. The molecule has 0 aliphatic heterocycles. The lowest BCUT2D eigenvalue weighted by Crippen LogP contribution is -2.20. The summed E-state index contributed by atoms with van der Waals surface area (Å²) in [4.78, 5) is 0.422. The summed E-state index contributed by atoms with van der Waals surface area (Å²) in [7, 11) is 0. The first-order chi connectivity index (χ1) is 7.41. The highest BCUT2D eigenvalue weighted by molar-refractivity contribution is 9.09. The lowest BCUT2D eigenvalue weighted by molar-refractivity contribution is 0.383. The summed E-state index contributed by atoms with van der Waals surface area (Å²) in [6, 6.07) is 5.06. The molecular formula is C13H17BrClF. The molecule has 0 saturated carbocycles. The van der Waals surface area contributed by atoms with Gasteiger partial charge < -0.3 is 0 Å². The SMILES string of the molecule is CC(C)C(Cc1ccc(Cl)c(F)c1)C(C)Br. The number of alkyl halides is 1. The summed E-state index contributed by atoms with van der Waals surface area (Å²) < 4.78 is 13.3. The summed E-state index contributed by atoms with van der Waals surface area (Å²) >= 11 is 9.27. The van der Waals surface area contributed by atoms with E-state index in [0.29, 0.717) is 16.7 Å². The summed E-state index contributed by atoms with van der Waals surface area (Å²) in [6.45, 7) is 6.51. The third-order valence-corrected chi connectivity index (χ3v) is 3.89. The minimum Gasteiger partial charge on any atom is -0.205 e.